The van der Waals surface area contributed by atoms with E-state index in [2.05, 4.69) is 53.7 Å². The summed E-state index contributed by atoms with van der Waals surface area (Å²) >= 11 is 9.86. The summed E-state index contributed by atoms with van der Waals surface area (Å²) in [6, 6.07) is 6.53. The van der Waals surface area contributed by atoms with Gasteiger partial charge in [-0.25, -0.2) is 0 Å². The SMILES string of the molecule is CCc1cc2c(CBr)c(S)ccc2s1. The summed E-state index contributed by atoms with van der Waals surface area (Å²) in [7, 11) is 0. The van der Waals surface area contributed by atoms with Gasteiger partial charge in [-0.15, -0.1) is 24.0 Å². The standard InChI is InChI=1S/C11H11BrS2/c1-2-7-5-8-9(6-12)10(13)3-4-11(8)14-7/h3-5,13H,2,6H2,1H3. The Balaban J connectivity index is 2.73. The van der Waals surface area contributed by atoms with Crippen LogP contribution in [0.2, 0.25) is 0 Å². The van der Waals surface area contributed by atoms with Crippen LogP contribution in [0.15, 0.2) is 23.1 Å². The fraction of sp³-hybridized carbons (Fsp3) is 0.273. The summed E-state index contributed by atoms with van der Waals surface area (Å²) in [5, 5.41) is 2.24. The first-order valence-corrected chi connectivity index (χ1v) is 6.94. The van der Waals surface area contributed by atoms with Gasteiger partial charge in [-0.05, 0) is 35.6 Å². The van der Waals surface area contributed by atoms with Crippen LogP contribution in [0.4, 0.5) is 0 Å². The summed E-state index contributed by atoms with van der Waals surface area (Å²) < 4.78 is 1.37. The largest absolute Gasteiger partial charge is 0.143 e. The van der Waals surface area contributed by atoms with Crippen LogP contribution in [0.3, 0.4) is 0 Å². The zero-order chi connectivity index (χ0) is 10.1. The van der Waals surface area contributed by atoms with Crippen LogP contribution in [0.5, 0.6) is 0 Å². The third-order valence-electron chi connectivity index (χ3n) is 2.32. The minimum atomic E-state index is 0.878. The van der Waals surface area contributed by atoms with Crippen molar-refractivity contribution >= 4 is 50.0 Å². The predicted octanol–water partition coefficient (Wildman–Crippen LogP) is 4.65. The highest BCUT2D eigenvalue weighted by Gasteiger charge is 2.07. The maximum absolute atomic E-state index is 4.47. The van der Waals surface area contributed by atoms with E-state index in [0.717, 1.165) is 16.6 Å². The van der Waals surface area contributed by atoms with E-state index in [-0.39, 0.29) is 0 Å². The van der Waals surface area contributed by atoms with Crippen LogP contribution < -0.4 is 0 Å². The van der Waals surface area contributed by atoms with E-state index in [1.165, 1.54) is 20.5 Å². The third-order valence-corrected chi connectivity index (χ3v) is 4.55. The molecule has 2 rings (SSSR count). The van der Waals surface area contributed by atoms with Gasteiger partial charge in [0.05, 0.1) is 0 Å². The van der Waals surface area contributed by atoms with Gasteiger partial charge in [0.2, 0.25) is 0 Å². The number of fused-ring (bicyclic) bond motifs is 1. The number of benzene rings is 1. The van der Waals surface area contributed by atoms with E-state index in [1.807, 2.05) is 11.3 Å². The minimum absolute atomic E-state index is 0.878. The van der Waals surface area contributed by atoms with Gasteiger partial charge in [-0.3, -0.25) is 0 Å². The summed E-state index contributed by atoms with van der Waals surface area (Å²) in [4.78, 5) is 2.52. The number of thiol groups is 1. The van der Waals surface area contributed by atoms with Crippen LogP contribution >= 0.6 is 39.9 Å². The van der Waals surface area contributed by atoms with Gasteiger partial charge in [-0.2, -0.15) is 0 Å². The maximum Gasteiger partial charge on any atom is 0.0349 e. The Morgan fingerprint density at radius 2 is 2.21 bits per heavy atom. The van der Waals surface area contributed by atoms with Crippen molar-refractivity contribution in [2.45, 2.75) is 23.6 Å². The second-order valence-corrected chi connectivity index (χ2v) is 5.39. The first-order valence-electron chi connectivity index (χ1n) is 4.55. The Morgan fingerprint density at radius 3 is 2.86 bits per heavy atom. The molecule has 3 heteroatoms. The van der Waals surface area contributed by atoms with E-state index >= 15 is 0 Å². The third kappa shape index (κ3) is 1.73. The molecule has 0 unspecified atom stereocenters. The molecule has 0 bridgehead atoms. The number of thiophene rings is 1. The van der Waals surface area contributed by atoms with Gasteiger partial charge in [0, 0.05) is 19.8 Å². The molecule has 1 aromatic heterocycles. The van der Waals surface area contributed by atoms with Crippen molar-refractivity contribution < 1.29 is 0 Å². The van der Waals surface area contributed by atoms with E-state index in [4.69, 9.17) is 0 Å². The number of alkyl halides is 1. The molecule has 0 spiro atoms. The molecule has 0 saturated carbocycles. The van der Waals surface area contributed by atoms with Gasteiger partial charge in [0.25, 0.3) is 0 Å². The number of hydrogen-bond donors (Lipinski definition) is 1. The van der Waals surface area contributed by atoms with Gasteiger partial charge in [-0.1, -0.05) is 22.9 Å². The lowest BCUT2D eigenvalue weighted by Crippen LogP contribution is -1.80. The molecule has 0 fully saturated rings. The minimum Gasteiger partial charge on any atom is -0.143 e. The fourth-order valence-corrected chi connectivity index (χ4v) is 3.65. The lowest BCUT2D eigenvalue weighted by atomic mass is 10.1. The van der Waals surface area contributed by atoms with Crippen molar-refractivity contribution in [3.8, 4) is 0 Å². The molecule has 1 heterocycles. The van der Waals surface area contributed by atoms with Crippen LogP contribution in [-0.4, -0.2) is 0 Å². The Hall–Kier alpha value is 0.01000. The lowest BCUT2D eigenvalue weighted by Gasteiger charge is -2.01. The zero-order valence-corrected chi connectivity index (χ0v) is 11.2. The van der Waals surface area contributed by atoms with E-state index in [1.54, 1.807) is 0 Å². The molecule has 0 amide bonds. The normalized spacial score (nSPS) is 11.1. The fourth-order valence-electron chi connectivity index (χ4n) is 1.53. The lowest BCUT2D eigenvalue weighted by molar-refractivity contribution is 1.19. The maximum atomic E-state index is 4.47. The van der Waals surface area contributed by atoms with E-state index < -0.39 is 0 Å². The second kappa shape index (κ2) is 4.25. The van der Waals surface area contributed by atoms with Gasteiger partial charge in [0.1, 0.15) is 0 Å². The average Bonchev–Trinajstić information content (AvgIpc) is 2.60. The summed E-state index contributed by atoms with van der Waals surface area (Å²) in [5.41, 5.74) is 1.31. The van der Waals surface area contributed by atoms with Crippen LogP contribution in [-0.2, 0) is 11.8 Å². The number of halogens is 1. The van der Waals surface area contributed by atoms with E-state index in [9.17, 15) is 0 Å². The molecule has 0 atom stereocenters. The molecular formula is C11H11BrS2. The molecule has 74 valence electrons. The van der Waals surface area contributed by atoms with Crippen molar-refractivity contribution in [2.75, 3.05) is 0 Å². The number of rotatable bonds is 2. The highest BCUT2D eigenvalue weighted by atomic mass is 79.9. The van der Waals surface area contributed by atoms with Crippen LogP contribution in [0, 0.1) is 0 Å². The highest BCUT2D eigenvalue weighted by molar-refractivity contribution is 9.08. The van der Waals surface area contributed by atoms with Crippen LogP contribution in [0.25, 0.3) is 10.1 Å². The van der Waals surface area contributed by atoms with Crippen molar-refractivity contribution in [3.63, 3.8) is 0 Å². The van der Waals surface area contributed by atoms with Gasteiger partial charge >= 0.3 is 0 Å². The number of hydrogen-bond acceptors (Lipinski definition) is 2. The van der Waals surface area contributed by atoms with Crippen molar-refractivity contribution in [1.82, 2.24) is 0 Å². The zero-order valence-electron chi connectivity index (χ0n) is 7.88. The monoisotopic (exact) mass is 286 g/mol. The van der Waals surface area contributed by atoms with Crippen molar-refractivity contribution in [1.29, 1.82) is 0 Å². The Kier molecular flexibility index (Phi) is 3.20. The molecule has 0 radical (unpaired) electrons. The molecule has 0 saturated heterocycles. The molecule has 0 aliphatic heterocycles. The first-order chi connectivity index (χ1) is 6.76. The van der Waals surface area contributed by atoms with E-state index in [0.29, 0.717) is 0 Å². The summed E-state index contributed by atoms with van der Waals surface area (Å²) in [5.74, 6) is 0. The molecule has 0 aliphatic carbocycles. The molecule has 0 aliphatic rings. The smallest absolute Gasteiger partial charge is 0.0349 e. The quantitative estimate of drug-likeness (QED) is 0.603. The Bertz CT molecular complexity index is 460. The van der Waals surface area contributed by atoms with Gasteiger partial charge < -0.3 is 0 Å². The topological polar surface area (TPSA) is 0 Å². The molecule has 0 nitrogen and oxygen atoms in total. The van der Waals surface area contributed by atoms with Gasteiger partial charge in [0.15, 0.2) is 0 Å². The molecule has 1 aromatic carbocycles. The van der Waals surface area contributed by atoms with Crippen molar-refractivity contribution in [2.24, 2.45) is 0 Å². The van der Waals surface area contributed by atoms with Crippen LogP contribution in [0.1, 0.15) is 17.4 Å². The molecule has 2 aromatic rings. The second-order valence-electron chi connectivity index (χ2n) is 3.17. The summed E-state index contributed by atoms with van der Waals surface area (Å²) in [6.07, 6.45) is 1.11. The molecular weight excluding hydrogens is 276 g/mol. The molecule has 14 heavy (non-hydrogen) atoms. The van der Waals surface area contributed by atoms with Crippen molar-refractivity contribution in [3.05, 3.63) is 28.6 Å². The highest BCUT2D eigenvalue weighted by Crippen LogP contribution is 2.33. The Morgan fingerprint density at radius 1 is 1.43 bits per heavy atom. The Labute approximate surface area is 102 Å². The average molecular weight is 287 g/mol. The molecule has 0 N–H and O–H groups in total. The number of aryl methyl sites for hydroxylation is 1. The predicted molar refractivity (Wildman–Crippen MR) is 71.1 cm³/mol. The first kappa shape index (κ1) is 10.5. The summed E-state index contributed by atoms with van der Waals surface area (Å²) in [6.45, 7) is 2.19.